The third-order valence-electron chi connectivity index (χ3n) is 0.813. The Bertz CT molecular complexity index is 169. The Labute approximate surface area is 67.5 Å². The molecule has 0 atom stereocenters. The van der Waals surface area contributed by atoms with Gasteiger partial charge < -0.3 is 0 Å². The summed E-state index contributed by atoms with van der Waals surface area (Å²) in [6.07, 6.45) is -0.0930. The Hall–Kier alpha value is -0.430. The van der Waals surface area contributed by atoms with Crippen LogP contribution in [0.2, 0.25) is 0 Å². The number of Topliss-reactive ketones (excluding diaryl/α,β-unsaturated/α-hetero) is 1. The van der Waals surface area contributed by atoms with E-state index in [2.05, 4.69) is 0 Å². The molecule has 0 saturated carbocycles. The average molecular weight is 178 g/mol. The molecule has 11 heavy (non-hydrogen) atoms. The van der Waals surface area contributed by atoms with Crippen molar-refractivity contribution in [3.05, 3.63) is 0 Å². The van der Waals surface area contributed by atoms with Gasteiger partial charge in [0, 0.05) is 0 Å². The summed E-state index contributed by atoms with van der Waals surface area (Å²) in [6, 6.07) is 0. The fraction of sp³-hybridized carbons (Fsp3) is 0.714. The van der Waals surface area contributed by atoms with Crippen LogP contribution >= 0.6 is 7.49 Å². The van der Waals surface area contributed by atoms with Crippen LogP contribution in [0, 0.1) is 0 Å². The molecule has 4 heteroatoms. The molecule has 0 aliphatic carbocycles. The summed E-state index contributed by atoms with van der Waals surface area (Å²) in [5.74, 6) is -0.537. The summed E-state index contributed by atoms with van der Waals surface area (Å²) in [4.78, 5) is 21.3. The number of carbonyl (C=O) groups is 2. The van der Waals surface area contributed by atoms with Crippen molar-refractivity contribution in [1.82, 2.24) is 0 Å². The molecule has 0 amide bonds. The first-order valence-corrected chi connectivity index (χ1v) is 6.93. The predicted molar refractivity (Wildman–Crippen MR) is 47.5 cm³/mol. The van der Waals surface area contributed by atoms with Crippen LogP contribution in [-0.4, -0.2) is 31.7 Å². The molecule has 0 aromatic rings. The Kier molecular flexibility index (Phi) is 3.67. The standard InChI is InChI=1S/C7H15O3P/c1-6(8)5-7(9)10-11(2,3)4/h11H,5H2,1-4H3. The van der Waals surface area contributed by atoms with Gasteiger partial charge in [-0.05, 0) is 0 Å². The van der Waals surface area contributed by atoms with E-state index in [9.17, 15) is 9.59 Å². The third kappa shape index (κ3) is 7.47. The number of hydrogen-bond acceptors (Lipinski definition) is 3. The van der Waals surface area contributed by atoms with Crippen LogP contribution < -0.4 is 0 Å². The van der Waals surface area contributed by atoms with Gasteiger partial charge in [0.25, 0.3) is 0 Å². The van der Waals surface area contributed by atoms with Crippen molar-refractivity contribution in [3.63, 3.8) is 0 Å². The zero-order chi connectivity index (χ0) is 9.07. The molecule has 0 rings (SSSR count). The van der Waals surface area contributed by atoms with Crippen molar-refractivity contribution in [1.29, 1.82) is 0 Å². The van der Waals surface area contributed by atoms with Crippen LogP contribution in [0.4, 0.5) is 0 Å². The van der Waals surface area contributed by atoms with Gasteiger partial charge in [-0.1, -0.05) is 0 Å². The van der Waals surface area contributed by atoms with E-state index in [1.807, 2.05) is 20.0 Å². The summed E-state index contributed by atoms with van der Waals surface area (Å²) in [5.41, 5.74) is 0. The van der Waals surface area contributed by atoms with Crippen molar-refractivity contribution < 1.29 is 14.1 Å². The van der Waals surface area contributed by atoms with E-state index in [1.54, 1.807) is 0 Å². The Morgan fingerprint density at radius 2 is 1.73 bits per heavy atom. The summed E-state index contributed by atoms with van der Waals surface area (Å²) in [7, 11) is -1.79. The molecule has 0 saturated heterocycles. The van der Waals surface area contributed by atoms with Crippen LogP contribution in [0.5, 0.6) is 0 Å². The topological polar surface area (TPSA) is 43.4 Å². The first-order chi connectivity index (χ1) is 4.81. The third-order valence-corrected chi connectivity index (χ3v) is 1.65. The van der Waals surface area contributed by atoms with Gasteiger partial charge in [0.2, 0.25) is 0 Å². The zero-order valence-electron chi connectivity index (χ0n) is 7.43. The quantitative estimate of drug-likeness (QED) is 0.479. The second-order valence-corrected chi connectivity index (χ2v) is 7.89. The van der Waals surface area contributed by atoms with E-state index in [-0.39, 0.29) is 12.2 Å². The van der Waals surface area contributed by atoms with E-state index in [0.717, 1.165) is 0 Å². The molecule has 0 heterocycles. The minimum atomic E-state index is -1.79. The summed E-state index contributed by atoms with van der Waals surface area (Å²) >= 11 is 0. The van der Waals surface area contributed by atoms with E-state index in [1.165, 1.54) is 6.92 Å². The van der Waals surface area contributed by atoms with Crippen molar-refractivity contribution in [3.8, 4) is 0 Å². The molecule has 0 aromatic carbocycles. The van der Waals surface area contributed by atoms with Gasteiger partial charge in [-0.15, -0.1) is 0 Å². The number of carbonyl (C=O) groups excluding carboxylic acids is 2. The van der Waals surface area contributed by atoms with Crippen LogP contribution in [0.15, 0.2) is 0 Å². The van der Waals surface area contributed by atoms with Crippen LogP contribution in [0.25, 0.3) is 0 Å². The van der Waals surface area contributed by atoms with Gasteiger partial charge in [0.1, 0.15) is 0 Å². The first kappa shape index (κ1) is 10.6. The second kappa shape index (κ2) is 3.82. The van der Waals surface area contributed by atoms with Gasteiger partial charge in [-0.3, -0.25) is 0 Å². The summed E-state index contributed by atoms with van der Waals surface area (Å²) in [5, 5.41) is 0. The number of hydrogen-bond donors (Lipinski definition) is 0. The molecule has 0 unspecified atom stereocenters. The van der Waals surface area contributed by atoms with Crippen LogP contribution in [0.3, 0.4) is 0 Å². The Morgan fingerprint density at radius 1 is 1.27 bits per heavy atom. The van der Waals surface area contributed by atoms with Crippen molar-refractivity contribution in [2.75, 3.05) is 20.0 Å². The Balaban J connectivity index is 3.80. The molecular weight excluding hydrogens is 163 g/mol. The molecule has 0 aromatic heterocycles. The van der Waals surface area contributed by atoms with Crippen LogP contribution in [0.1, 0.15) is 13.3 Å². The fourth-order valence-electron chi connectivity index (χ4n) is 0.581. The fourth-order valence-corrected chi connectivity index (χ4v) is 1.34. The van der Waals surface area contributed by atoms with Gasteiger partial charge in [-0.25, -0.2) is 0 Å². The molecule has 0 radical (unpaired) electrons. The van der Waals surface area contributed by atoms with E-state index in [0.29, 0.717) is 0 Å². The molecule has 66 valence electrons. The van der Waals surface area contributed by atoms with E-state index in [4.69, 9.17) is 4.52 Å². The van der Waals surface area contributed by atoms with Crippen molar-refractivity contribution in [2.45, 2.75) is 13.3 Å². The van der Waals surface area contributed by atoms with E-state index < -0.39 is 13.5 Å². The van der Waals surface area contributed by atoms with Gasteiger partial charge in [0.05, 0.1) is 0 Å². The SMILES string of the molecule is CC(=O)CC(=O)O[PH](C)(C)C. The molecule has 3 nitrogen and oxygen atoms in total. The summed E-state index contributed by atoms with van der Waals surface area (Å²) in [6.45, 7) is 7.10. The van der Waals surface area contributed by atoms with Gasteiger partial charge in [-0.2, -0.15) is 0 Å². The van der Waals surface area contributed by atoms with Crippen molar-refractivity contribution in [2.24, 2.45) is 0 Å². The summed E-state index contributed by atoms with van der Waals surface area (Å²) < 4.78 is 5.03. The molecule has 0 bridgehead atoms. The number of ketones is 1. The van der Waals surface area contributed by atoms with Gasteiger partial charge in [0.15, 0.2) is 0 Å². The maximum absolute atomic E-state index is 10.9. The predicted octanol–water partition coefficient (Wildman–Crippen LogP) is 1.06. The average Bonchev–Trinajstić information content (AvgIpc) is 1.53. The second-order valence-electron chi connectivity index (χ2n) is 3.47. The van der Waals surface area contributed by atoms with Crippen LogP contribution in [-0.2, 0) is 14.1 Å². The Morgan fingerprint density at radius 3 is 2.00 bits per heavy atom. The van der Waals surface area contributed by atoms with Crippen molar-refractivity contribution >= 4 is 19.2 Å². The molecule has 0 aliphatic heterocycles. The first-order valence-electron chi connectivity index (χ1n) is 3.52. The molecule has 0 fully saturated rings. The maximum atomic E-state index is 10.9. The van der Waals surface area contributed by atoms with E-state index >= 15 is 0 Å². The molecular formula is C7H15O3P. The molecule has 0 spiro atoms. The number of rotatable bonds is 3. The minimum absolute atomic E-state index is 0.0930. The molecule has 0 aliphatic rings. The molecule has 0 N–H and O–H groups in total. The monoisotopic (exact) mass is 178 g/mol. The normalized spacial score (nSPS) is 12.4. The zero-order valence-corrected chi connectivity index (χ0v) is 8.43. The van der Waals surface area contributed by atoms with Gasteiger partial charge >= 0.3 is 66.7 Å².